The topological polar surface area (TPSA) is 51.8 Å². The summed E-state index contributed by atoms with van der Waals surface area (Å²) in [5, 5.41) is 2.03. The van der Waals surface area contributed by atoms with Crippen molar-refractivity contribution < 1.29 is 34.1 Å². The van der Waals surface area contributed by atoms with E-state index in [2.05, 4.69) is 27.1 Å². The largest absolute Gasteiger partial charge is 0.501 e. The molecule has 7 aromatic rings. The van der Waals surface area contributed by atoms with Crippen LogP contribution in [0.3, 0.4) is 0 Å². The van der Waals surface area contributed by atoms with Gasteiger partial charge in [0.2, 0.25) is 0 Å². The fraction of sp³-hybridized carbons (Fsp3) is 0.214. The zero-order chi connectivity index (χ0) is 37.2. The van der Waals surface area contributed by atoms with Crippen molar-refractivity contribution in [1.82, 2.24) is 15.0 Å². The van der Waals surface area contributed by atoms with Gasteiger partial charge in [-0.3, -0.25) is 4.98 Å². The molecule has 0 spiro atoms. The van der Waals surface area contributed by atoms with Crippen LogP contribution in [0, 0.1) is 24.9 Å². The minimum atomic E-state index is -2.39. The molecule has 4 heterocycles. The molecule has 4 nitrogen and oxygen atoms in total. The summed E-state index contributed by atoms with van der Waals surface area (Å²) in [6, 6.07) is 33.8. The molecule has 0 saturated heterocycles. The first kappa shape index (κ1) is 24.7. The number of fused-ring (bicyclic) bond motifs is 3. The Labute approximate surface area is 300 Å². The van der Waals surface area contributed by atoms with E-state index in [1.807, 2.05) is 54.6 Å². The van der Waals surface area contributed by atoms with Crippen LogP contribution in [0.2, 0.25) is 0 Å². The maximum Gasteiger partial charge on any atom is 0.120 e. The van der Waals surface area contributed by atoms with Crippen molar-refractivity contribution in [1.29, 1.82) is 0 Å². The van der Waals surface area contributed by atoms with Gasteiger partial charge in [-0.15, -0.1) is 54.1 Å². The Morgan fingerprint density at radius 3 is 2.47 bits per heavy atom. The van der Waals surface area contributed by atoms with Gasteiger partial charge in [0.1, 0.15) is 5.58 Å². The number of aryl methyl sites for hydroxylation is 1. The van der Waals surface area contributed by atoms with E-state index in [0.29, 0.717) is 28.1 Å². The van der Waals surface area contributed by atoms with Crippen LogP contribution in [0.25, 0.3) is 44.5 Å². The molecule has 3 aromatic carbocycles. The average Bonchev–Trinajstić information content (AvgIpc) is 3.58. The maximum absolute atomic E-state index is 8.72. The van der Waals surface area contributed by atoms with Crippen molar-refractivity contribution >= 4 is 21.9 Å². The molecule has 1 fully saturated rings. The Balaban J connectivity index is 0.000000182. The second-order valence-corrected chi connectivity index (χ2v) is 11.4. The van der Waals surface area contributed by atoms with Gasteiger partial charge in [0.25, 0.3) is 0 Å². The number of pyridine rings is 3. The van der Waals surface area contributed by atoms with Crippen LogP contribution in [-0.2, 0) is 32.9 Å². The molecule has 1 radical (unpaired) electrons. The number of para-hydroxylation sites is 1. The number of rotatable bonds is 6. The van der Waals surface area contributed by atoms with Crippen molar-refractivity contribution in [2.75, 3.05) is 0 Å². The van der Waals surface area contributed by atoms with Gasteiger partial charge in [0.05, 0.1) is 5.58 Å². The molecule has 47 heavy (non-hydrogen) atoms. The summed E-state index contributed by atoms with van der Waals surface area (Å²) >= 11 is 0. The van der Waals surface area contributed by atoms with E-state index >= 15 is 0 Å². The summed E-state index contributed by atoms with van der Waals surface area (Å²) < 4.78 is 64.1. The zero-order valence-corrected chi connectivity index (χ0v) is 28.1. The van der Waals surface area contributed by atoms with Crippen molar-refractivity contribution in [2.45, 2.75) is 51.7 Å². The first-order valence-electron chi connectivity index (χ1n) is 19.1. The summed E-state index contributed by atoms with van der Waals surface area (Å²) in [6.07, 6.45) is 7.49. The van der Waals surface area contributed by atoms with Crippen molar-refractivity contribution in [3.63, 3.8) is 0 Å². The van der Waals surface area contributed by atoms with Crippen molar-refractivity contribution in [3.8, 4) is 22.5 Å². The number of nitrogens with zero attached hydrogens (tertiary/aromatic N) is 3. The van der Waals surface area contributed by atoms with Crippen LogP contribution in [-0.4, -0.2) is 15.0 Å². The molecule has 8 rings (SSSR count). The van der Waals surface area contributed by atoms with Gasteiger partial charge < -0.3 is 14.4 Å². The first-order valence-corrected chi connectivity index (χ1v) is 15.6. The van der Waals surface area contributed by atoms with E-state index in [1.54, 1.807) is 55.0 Å². The van der Waals surface area contributed by atoms with E-state index < -0.39 is 19.6 Å². The minimum Gasteiger partial charge on any atom is -0.501 e. The average molecular weight is 799 g/mol. The van der Waals surface area contributed by atoms with E-state index in [-0.39, 0.29) is 37.2 Å². The van der Waals surface area contributed by atoms with E-state index in [9.17, 15) is 0 Å². The molecule has 1 aliphatic rings. The van der Waals surface area contributed by atoms with Gasteiger partial charge in [-0.05, 0) is 77.9 Å². The van der Waals surface area contributed by atoms with Crippen LogP contribution in [0.4, 0.5) is 0 Å². The first-order chi connectivity index (χ1) is 25.4. The predicted molar refractivity (Wildman–Crippen MR) is 186 cm³/mol. The molecule has 0 atom stereocenters. The third-order valence-corrected chi connectivity index (χ3v) is 8.18. The zero-order valence-electron chi connectivity index (χ0n) is 32.7. The summed E-state index contributed by atoms with van der Waals surface area (Å²) in [7, 11) is 0. The fourth-order valence-corrected chi connectivity index (χ4v) is 5.87. The smallest absolute Gasteiger partial charge is 0.120 e. The maximum atomic E-state index is 8.72. The minimum absolute atomic E-state index is 0. The normalized spacial score (nSPS) is 16.2. The van der Waals surface area contributed by atoms with Crippen molar-refractivity contribution in [3.05, 3.63) is 150 Å². The standard InChI is InChI=1S/C23H15N2O.C19H22N.Ir/c1-2-7-22-18(4-1)19-5-3-6-20(23(19)26-22)21-15-17(10-13-25-21)14-16-8-11-24-12-9-16;1-15-14-20-19(17-10-6-3-7-11-17)13-18(15)12-16-8-4-2-5-9-16;/h1-5,7-13,15H,14H2;3,6-7,10,13-14,16H,2,4-5,8-9,12H2,1H3;/q2*-1;/i14D2;1D3,12D2;. The Kier molecular flexibility index (Phi) is 8.11. The molecule has 0 unspecified atom stereocenters. The van der Waals surface area contributed by atoms with Crippen LogP contribution in [0.15, 0.2) is 120 Å². The second-order valence-electron chi connectivity index (χ2n) is 11.4. The third-order valence-electron chi connectivity index (χ3n) is 8.18. The van der Waals surface area contributed by atoms with E-state index in [0.717, 1.165) is 59.6 Å². The molecule has 237 valence electrons. The fourth-order valence-electron chi connectivity index (χ4n) is 5.87. The van der Waals surface area contributed by atoms with Crippen molar-refractivity contribution in [2.24, 2.45) is 5.92 Å². The van der Waals surface area contributed by atoms with Crippen LogP contribution in [0.5, 0.6) is 0 Å². The quantitative estimate of drug-likeness (QED) is 0.157. The second kappa shape index (κ2) is 15.4. The third kappa shape index (κ3) is 7.76. The van der Waals surface area contributed by atoms with Gasteiger partial charge >= 0.3 is 0 Å². The number of hydrogen-bond acceptors (Lipinski definition) is 4. The number of furan rings is 1. The number of hydrogen-bond donors (Lipinski definition) is 0. The SMILES string of the molecule is [2H]C([2H])([2H])c1cnc(-c2[c-]cccc2)cc1C([2H])([2H])C1CCCCC1.[2H]C([2H])(c1ccncc1)c1ccnc(-c2[c-]ccc3c2oc2ccccc23)c1.[Ir]. The molecular weight excluding hydrogens is 755 g/mol. The molecule has 0 N–H and O–H groups in total. The summed E-state index contributed by atoms with van der Waals surface area (Å²) in [5.74, 6) is -0.155. The van der Waals surface area contributed by atoms with Crippen LogP contribution >= 0.6 is 0 Å². The van der Waals surface area contributed by atoms with Crippen LogP contribution < -0.4 is 0 Å². The molecule has 4 aromatic heterocycles. The Bertz CT molecular complexity index is 2340. The van der Waals surface area contributed by atoms with Crippen LogP contribution in [0.1, 0.15) is 64.0 Å². The summed E-state index contributed by atoms with van der Waals surface area (Å²) in [4.78, 5) is 12.7. The van der Waals surface area contributed by atoms with E-state index in [1.165, 1.54) is 6.20 Å². The molecule has 0 bridgehead atoms. The molecular formula is C42H37IrN3O-2. The van der Waals surface area contributed by atoms with Gasteiger partial charge in [-0.1, -0.05) is 78.9 Å². The van der Waals surface area contributed by atoms with Gasteiger partial charge in [0.15, 0.2) is 0 Å². The van der Waals surface area contributed by atoms with Gasteiger partial charge in [-0.2, -0.15) is 0 Å². The van der Waals surface area contributed by atoms with Gasteiger partial charge in [0, 0.05) is 59.9 Å². The Morgan fingerprint density at radius 2 is 1.64 bits per heavy atom. The summed E-state index contributed by atoms with van der Waals surface area (Å²) in [6.45, 7) is -2.39. The summed E-state index contributed by atoms with van der Waals surface area (Å²) in [5.41, 5.74) is 5.49. The molecule has 0 amide bonds. The number of aromatic nitrogens is 3. The molecule has 0 aliphatic heterocycles. The predicted octanol–water partition coefficient (Wildman–Crippen LogP) is 10.4. The molecule has 5 heteroatoms. The Morgan fingerprint density at radius 1 is 0.809 bits per heavy atom. The Hall–Kier alpha value is -4.44. The number of benzene rings is 3. The van der Waals surface area contributed by atoms with Gasteiger partial charge in [-0.25, -0.2) is 0 Å². The monoisotopic (exact) mass is 799 g/mol. The molecule has 1 aliphatic carbocycles. The molecule has 1 saturated carbocycles. The van der Waals surface area contributed by atoms with E-state index in [4.69, 9.17) is 14.0 Å².